The normalized spacial score (nSPS) is 13.5. The minimum Gasteiger partial charge on any atom is -0.348 e. The molecule has 1 N–H and O–H groups in total. The molecule has 1 amide bonds. The summed E-state index contributed by atoms with van der Waals surface area (Å²) in [4.78, 5) is 29.9. The molecule has 0 saturated carbocycles. The summed E-state index contributed by atoms with van der Waals surface area (Å²) in [6.45, 7) is 5.69. The molecule has 1 aliphatic carbocycles. The van der Waals surface area contributed by atoms with Gasteiger partial charge in [-0.2, -0.15) is 0 Å². The highest BCUT2D eigenvalue weighted by Gasteiger charge is 2.30. The van der Waals surface area contributed by atoms with Gasteiger partial charge < -0.3 is 19.3 Å². The second-order valence-corrected chi connectivity index (χ2v) is 7.72. The Kier molecular flexibility index (Phi) is 4.89. The molecule has 28 heavy (non-hydrogen) atoms. The summed E-state index contributed by atoms with van der Waals surface area (Å²) < 4.78 is 5.41. The molecule has 0 aliphatic heterocycles. The summed E-state index contributed by atoms with van der Waals surface area (Å²) in [5.41, 5.74) is 5.77. The van der Waals surface area contributed by atoms with Crippen LogP contribution in [0.2, 0.25) is 0 Å². The maximum atomic E-state index is 13.8. The fraction of sp³-hybridized carbons (Fsp3) is 0.500. The first kappa shape index (κ1) is 18.6. The number of fused-ring (bicyclic) bond motifs is 2. The number of hydrogen-bond donors (Lipinski definition) is 1. The van der Waals surface area contributed by atoms with Gasteiger partial charge in [-0.1, -0.05) is 5.16 Å². The summed E-state index contributed by atoms with van der Waals surface area (Å²) in [5, 5.41) is 4.82. The third-order valence-electron chi connectivity index (χ3n) is 5.41. The van der Waals surface area contributed by atoms with Gasteiger partial charge in [0.25, 0.3) is 11.6 Å². The van der Waals surface area contributed by atoms with Gasteiger partial charge in [-0.05, 0) is 52.8 Å². The van der Waals surface area contributed by atoms with Crippen molar-refractivity contribution in [3.63, 3.8) is 0 Å². The zero-order valence-corrected chi connectivity index (χ0v) is 16.9. The van der Waals surface area contributed by atoms with Gasteiger partial charge in [0.15, 0.2) is 0 Å². The summed E-state index contributed by atoms with van der Waals surface area (Å²) in [6.07, 6.45) is 4.43. The second kappa shape index (κ2) is 7.35. The molecular weight excluding hydrogens is 356 g/mol. The first-order chi connectivity index (χ1) is 13.5. The molecule has 0 aromatic carbocycles. The van der Waals surface area contributed by atoms with Crippen molar-refractivity contribution in [2.45, 2.75) is 39.7 Å². The predicted molar refractivity (Wildman–Crippen MR) is 105 cm³/mol. The molecule has 3 aromatic rings. The smallest absolute Gasteiger partial charge is 0.259 e. The number of nitrogens with zero attached hydrogens (tertiary/aromatic N) is 5. The van der Waals surface area contributed by atoms with Crippen LogP contribution in [0.4, 0.5) is 0 Å². The van der Waals surface area contributed by atoms with Gasteiger partial charge >= 0.3 is 0 Å². The van der Waals surface area contributed by atoms with Crippen molar-refractivity contribution < 1.29 is 9.32 Å². The molecule has 0 saturated heterocycles. The highest BCUT2D eigenvalue weighted by molar-refractivity contribution is 6.07. The first-order valence-electron chi connectivity index (χ1n) is 9.66. The third kappa shape index (κ3) is 3.28. The topological polar surface area (TPSA) is 91.2 Å². The van der Waals surface area contributed by atoms with Gasteiger partial charge in [0.1, 0.15) is 0 Å². The number of nitrogens with one attached hydrogen (secondary N) is 1. The van der Waals surface area contributed by atoms with E-state index in [4.69, 9.17) is 4.52 Å². The molecule has 3 aromatic heterocycles. The molecule has 1 aliphatic rings. The monoisotopic (exact) mass is 382 g/mol. The molecule has 0 radical (unpaired) electrons. The fourth-order valence-corrected chi connectivity index (χ4v) is 3.81. The highest BCUT2D eigenvalue weighted by Crippen LogP contribution is 2.32. The lowest BCUT2D eigenvalue weighted by atomic mass is 10.0. The van der Waals surface area contributed by atoms with Crippen molar-refractivity contribution >= 4 is 17.0 Å². The van der Waals surface area contributed by atoms with Crippen LogP contribution < -0.4 is 0 Å². The molecule has 8 heteroatoms. The lowest BCUT2D eigenvalue weighted by molar-refractivity contribution is 0.0730. The van der Waals surface area contributed by atoms with E-state index in [1.165, 1.54) is 0 Å². The van der Waals surface area contributed by atoms with Gasteiger partial charge in [-0.3, -0.25) is 4.79 Å². The van der Waals surface area contributed by atoms with Gasteiger partial charge in [0.2, 0.25) is 0 Å². The zero-order valence-electron chi connectivity index (χ0n) is 16.9. The number of aryl methyl sites for hydroxylation is 3. The maximum absolute atomic E-state index is 13.8. The zero-order chi connectivity index (χ0) is 19.8. The van der Waals surface area contributed by atoms with E-state index >= 15 is 0 Å². The number of amides is 1. The van der Waals surface area contributed by atoms with Crippen LogP contribution in [0.1, 0.15) is 45.1 Å². The van der Waals surface area contributed by atoms with Crippen molar-refractivity contribution in [1.82, 2.24) is 29.9 Å². The summed E-state index contributed by atoms with van der Waals surface area (Å²) in [6, 6.07) is 0. The summed E-state index contributed by atoms with van der Waals surface area (Å²) in [5.74, 6) is 0.00102. The summed E-state index contributed by atoms with van der Waals surface area (Å²) >= 11 is 0. The predicted octanol–water partition coefficient (Wildman–Crippen LogP) is 2.26. The van der Waals surface area contributed by atoms with Crippen LogP contribution in [0.5, 0.6) is 0 Å². The Morgan fingerprint density at radius 2 is 2.07 bits per heavy atom. The van der Waals surface area contributed by atoms with Crippen LogP contribution >= 0.6 is 0 Å². The van der Waals surface area contributed by atoms with Crippen molar-refractivity contribution in [1.29, 1.82) is 0 Å². The van der Waals surface area contributed by atoms with Gasteiger partial charge in [-0.25, -0.2) is 9.97 Å². The Balaban J connectivity index is 1.78. The SMILES string of the molecule is Cc1[nH]cnc1CN(CCN(C)C)C(=O)c1c2c(nc3onc(C)c13)CCC2. The van der Waals surface area contributed by atoms with E-state index < -0.39 is 0 Å². The molecule has 0 spiro atoms. The number of H-pyrrole nitrogens is 1. The largest absolute Gasteiger partial charge is 0.348 e. The van der Waals surface area contributed by atoms with Crippen LogP contribution in [0.15, 0.2) is 10.9 Å². The Morgan fingerprint density at radius 1 is 1.25 bits per heavy atom. The van der Waals surface area contributed by atoms with E-state index in [2.05, 4.69) is 25.0 Å². The number of likely N-dealkylation sites (N-methyl/N-ethyl adjacent to an activating group) is 1. The van der Waals surface area contributed by atoms with E-state index in [9.17, 15) is 4.79 Å². The highest BCUT2D eigenvalue weighted by atomic mass is 16.5. The van der Waals surface area contributed by atoms with Crippen molar-refractivity contribution in [3.05, 3.63) is 40.2 Å². The van der Waals surface area contributed by atoms with E-state index in [-0.39, 0.29) is 5.91 Å². The third-order valence-corrected chi connectivity index (χ3v) is 5.41. The van der Waals surface area contributed by atoms with Crippen molar-refractivity contribution in [2.24, 2.45) is 0 Å². The minimum absolute atomic E-state index is 0.00102. The number of aromatic nitrogens is 4. The number of imidazole rings is 1. The average Bonchev–Trinajstić information content (AvgIpc) is 3.37. The Hall–Kier alpha value is -2.74. The molecule has 148 valence electrons. The maximum Gasteiger partial charge on any atom is 0.259 e. The minimum atomic E-state index is 0.00102. The van der Waals surface area contributed by atoms with Crippen LogP contribution in [0.25, 0.3) is 11.1 Å². The number of carbonyl (C=O) groups is 1. The number of pyridine rings is 1. The molecular formula is C20H26N6O2. The number of hydrogen-bond acceptors (Lipinski definition) is 6. The van der Waals surface area contributed by atoms with Gasteiger partial charge in [0.05, 0.1) is 35.2 Å². The van der Waals surface area contributed by atoms with Crippen molar-refractivity contribution in [3.8, 4) is 0 Å². The quantitative estimate of drug-likeness (QED) is 0.703. The molecule has 0 atom stereocenters. The summed E-state index contributed by atoms with van der Waals surface area (Å²) in [7, 11) is 4.02. The van der Waals surface area contributed by atoms with Gasteiger partial charge in [0, 0.05) is 24.5 Å². The second-order valence-electron chi connectivity index (χ2n) is 7.72. The standard InChI is InChI=1S/C20H26N6O2/c1-12-16(22-11-21-12)10-26(9-8-25(3)4)20(27)18-14-6-5-7-15(14)23-19-17(18)13(2)24-28-19/h11H,5-10H2,1-4H3,(H,21,22). The molecule has 3 heterocycles. The fourth-order valence-electron chi connectivity index (χ4n) is 3.81. The van der Waals surface area contributed by atoms with E-state index in [0.29, 0.717) is 30.1 Å². The Bertz CT molecular complexity index is 1020. The van der Waals surface area contributed by atoms with Crippen LogP contribution in [-0.2, 0) is 19.4 Å². The molecule has 4 rings (SSSR count). The number of rotatable bonds is 6. The lowest BCUT2D eigenvalue weighted by Crippen LogP contribution is -2.37. The van der Waals surface area contributed by atoms with Crippen LogP contribution in [0, 0.1) is 13.8 Å². The van der Waals surface area contributed by atoms with E-state index in [1.807, 2.05) is 32.8 Å². The van der Waals surface area contributed by atoms with Gasteiger partial charge in [-0.15, -0.1) is 0 Å². The van der Waals surface area contributed by atoms with Crippen molar-refractivity contribution in [2.75, 3.05) is 27.2 Å². The number of carbonyl (C=O) groups excluding carboxylic acids is 1. The van der Waals surface area contributed by atoms with E-state index in [0.717, 1.165) is 53.8 Å². The average molecular weight is 382 g/mol. The van der Waals surface area contributed by atoms with Crippen LogP contribution in [-0.4, -0.2) is 63.0 Å². The van der Waals surface area contributed by atoms with E-state index in [1.54, 1.807) is 6.33 Å². The molecule has 8 nitrogen and oxygen atoms in total. The lowest BCUT2D eigenvalue weighted by Gasteiger charge is -2.25. The molecule has 0 fully saturated rings. The molecule has 0 bridgehead atoms. The Morgan fingerprint density at radius 3 is 2.79 bits per heavy atom. The first-order valence-corrected chi connectivity index (χ1v) is 9.66. The number of aromatic amines is 1. The molecule has 0 unspecified atom stereocenters. The van der Waals surface area contributed by atoms with Crippen LogP contribution in [0.3, 0.4) is 0 Å². The Labute approximate surface area is 163 Å².